The number of nitrogens with zero attached hydrogens (tertiary/aromatic N) is 1. The van der Waals surface area contributed by atoms with Crippen molar-refractivity contribution >= 4 is 40.5 Å². The maximum Gasteiger partial charge on any atom is 0.339 e. The Kier molecular flexibility index (Phi) is 4.06. The molecule has 0 aliphatic heterocycles. The maximum atomic E-state index is 12.2. The Morgan fingerprint density at radius 1 is 1.35 bits per heavy atom. The van der Waals surface area contributed by atoms with Gasteiger partial charge in [-0.15, -0.1) is 11.3 Å². The van der Waals surface area contributed by atoms with E-state index < -0.39 is 11.9 Å². The highest BCUT2D eigenvalue weighted by Gasteiger charge is 2.19. The normalized spacial score (nSPS) is 10.3. The van der Waals surface area contributed by atoms with Gasteiger partial charge in [-0.1, -0.05) is 17.7 Å². The van der Waals surface area contributed by atoms with Gasteiger partial charge in [-0.25, -0.2) is 9.78 Å². The van der Waals surface area contributed by atoms with Crippen LogP contribution in [0.3, 0.4) is 0 Å². The van der Waals surface area contributed by atoms with Crippen molar-refractivity contribution in [1.29, 1.82) is 0 Å². The Balaban J connectivity index is 2.36. The van der Waals surface area contributed by atoms with Gasteiger partial charge in [0.25, 0.3) is 5.91 Å². The van der Waals surface area contributed by atoms with Crippen LogP contribution < -0.4 is 5.32 Å². The summed E-state index contributed by atoms with van der Waals surface area (Å²) in [5.74, 6) is -1.58. The van der Waals surface area contributed by atoms with E-state index >= 15 is 0 Å². The van der Waals surface area contributed by atoms with Gasteiger partial charge in [-0.3, -0.25) is 4.79 Å². The third-order valence-electron chi connectivity index (χ3n) is 2.59. The van der Waals surface area contributed by atoms with Crippen molar-refractivity contribution in [2.75, 3.05) is 5.32 Å². The molecule has 0 aliphatic rings. The van der Waals surface area contributed by atoms with Gasteiger partial charge in [0.15, 0.2) is 0 Å². The minimum Gasteiger partial charge on any atom is -0.478 e. The van der Waals surface area contributed by atoms with E-state index in [0.717, 1.165) is 5.01 Å². The van der Waals surface area contributed by atoms with Crippen LogP contribution in [0.4, 0.5) is 5.69 Å². The molecule has 5 nitrogen and oxygen atoms in total. The van der Waals surface area contributed by atoms with Gasteiger partial charge in [0.1, 0.15) is 10.4 Å². The first-order chi connectivity index (χ1) is 9.40. The van der Waals surface area contributed by atoms with Crippen molar-refractivity contribution in [3.63, 3.8) is 0 Å². The van der Waals surface area contributed by atoms with Gasteiger partial charge in [0, 0.05) is 0 Å². The number of hydrogen-bond donors (Lipinski definition) is 2. The maximum absolute atomic E-state index is 12.2. The first-order valence-electron chi connectivity index (χ1n) is 5.67. The Morgan fingerprint density at radius 3 is 2.60 bits per heavy atom. The summed E-state index contributed by atoms with van der Waals surface area (Å²) in [5.41, 5.74) is 0.658. The van der Waals surface area contributed by atoms with Gasteiger partial charge >= 0.3 is 5.97 Å². The van der Waals surface area contributed by atoms with E-state index in [-0.39, 0.29) is 16.3 Å². The lowest BCUT2D eigenvalue weighted by Crippen LogP contribution is -2.14. The van der Waals surface area contributed by atoms with Crippen LogP contribution in [0.2, 0.25) is 5.02 Å². The third kappa shape index (κ3) is 2.81. The predicted molar refractivity (Wildman–Crippen MR) is 78.0 cm³/mol. The number of nitrogens with one attached hydrogen (secondary N) is 1. The number of aromatic nitrogens is 1. The molecule has 0 unspecified atom stereocenters. The highest BCUT2D eigenvalue weighted by molar-refractivity contribution is 7.13. The average Bonchev–Trinajstić information content (AvgIpc) is 2.68. The number of amides is 1. The molecule has 0 saturated heterocycles. The number of carboxylic acid groups (broad SMARTS) is 1. The molecule has 0 radical (unpaired) electrons. The van der Waals surface area contributed by atoms with Crippen LogP contribution in [0, 0.1) is 13.8 Å². The number of carbonyl (C=O) groups excluding carboxylic acids is 1. The Hall–Kier alpha value is -1.92. The molecule has 104 valence electrons. The summed E-state index contributed by atoms with van der Waals surface area (Å²) < 4.78 is 0. The van der Waals surface area contributed by atoms with Crippen LogP contribution in [0.15, 0.2) is 18.2 Å². The molecule has 0 spiro atoms. The zero-order valence-corrected chi connectivity index (χ0v) is 12.3. The van der Waals surface area contributed by atoms with Crippen LogP contribution >= 0.6 is 22.9 Å². The summed E-state index contributed by atoms with van der Waals surface area (Å²) in [6, 6.07) is 4.54. The fraction of sp³-hybridized carbons (Fsp3) is 0.154. The zero-order valence-electron chi connectivity index (χ0n) is 10.7. The summed E-state index contributed by atoms with van der Waals surface area (Å²) in [7, 11) is 0. The molecule has 2 aromatic rings. The van der Waals surface area contributed by atoms with Crippen LogP contribution in [-0.2, 0) is 0 Å². The van der Waals surface area contributed by atoms with E-state index in [2.05, 4.69) is 10.3 Å². The zero-order chi connectivity index (χ0) is 14.9. The number of anilines is 1. The summed E-state index contributed by atoms with van der Waals surface area (Å²) in [5, 5.41) is 12.6. The molecule has 0 aliphatic carbocycles. The molecular formula is C13H11ClN2O3S. The van der Waals surface area contributed by atoms with Crippen molar-refractivity contribution in [3.05, 3.63) is 44.4 Å². The molecule has 1 heterocycles. The second-order valence-electron chi connectivity index (χ2n) is 4.07. The van der Waals surface area contributed by atoms with Crippen molar-refractivity contribution in [1.82, 2.24) is 4.98 Å². The average molecular weight is 311 g/mol. The number of carbonyl (C=O) groups is 2. The molecule has 0 fully saturated rings. The molecule has 2 N–H and O–H groups in total. The monoisotopic (exact) mass is 310 g/mol. The molecule has 1 amide bonds. The number of aryl methyl sites for hydroxylation is 2. The van der Waals surface area contributed by atoms with Crippen molar-refractivity contribution < 1.29 is 14.7 Å². The molecule has 1 aromatic heterocycles. The predicted octanol–water partition coefficient (Wildman–Crippen LogP) is 3.36. The fourth-order valence-corrected chi connectivity index (χ4v) is 2.84. The molecule has 0 saturated carbocycles. The molecule has 20 heavy (non-hydrogen) atoms. The van der Waals surface area contributed by atoms with E-state index in [1.165, 1.54) is 23.5 Å². The topological polar surface area (TPSA) is 79.3 Å². The van der Waals surface area contributed by atoms with Crippen molar-refractivity contribution in [3.8, 4) is 0 Å². The first kappa shape index (κ1) is 14.5. The van der Waals surface area contributed by atoms with Crippen molar-refractivity contribution in [2.24, 2.45) is 0 Å². The van der Waals surface area contributed by atoms with Gasteiger partial charge in [-0.05, 0) is 26.0 Å². The largest absolute Gasteiger partial charge is 0.478 e. The molecular weight excluding hydrogens is 300 g/mol. The van der Waals surface area contributed by atoms with Gasteiger partial charge in [0.05, 0.1) is 21.4 Å². The lowest BCUT2D eigenvalue weighted by molar-refractivity contribution is 0.0698. The minimum absolute atomic E-state index is 0.0764. The lowest BCUT2D eigenvalue weighted by Gasteiger charge is -2.09. The highest BCUT2D eigenvalue weighted by atomic mass is 35.5. The van der Waals surface area contributed by atoms with E-state index in [1.54, 1.807) is 19.9 Å². The number of rotatable bonds is 3. The third-order valence-corrected chi connectivity index (χ3v) is 3.97. The summed E-state index contributed by atoms with van der Waals surface area (Å²) in [4.78, 5) is 28.0. The Labute approximate surface area is 124 Å². The Bertz CT molecular complexity index is 697. The fourth-order valence-electron chi connectivity index (χ4n) is 1.77. The lowest BCUT2D eigenvalue weighted by atomic mass is 10.1. The van der Waals surface area contributed by atoms with Crippen LogP contribution in [0.5, 0.6) is 0 Å². The first-order valence-corrected chi connectivity index (χ1v) is 6.86. The summed E-state index contributed by atoms with van der Waals surface area (Å²) >= 11 is 7.10. The second-order valence-corrected chi connectivity index (χ2v) is 5.68. The quantitative estimate of drug-likeness (QED) is 0.911. The summed E-state index contributed by atoms with van der Waals surface area (Å²) in [6.07, 6.45) is 0. The highest BCUT2D eigenvalue weighted by Crippen LogP contribution is 2.26. The number of carboxylic acids is 1. The van der Waals surface area contributed by atoms with Crippen LogP contribution in [0.25, 0.3) is 0 Å². The second kappa shape index (κ2) is 5.60. The van der Waals surface area contributed by atoms with E-state index in [1.807, 2.05) is 0 Å². The number of halogens is 1. The Morgan fingerprint density at radius 2 is 2.05 bits per heavy atom. The number of hydrogen-bond acceptors (Lipinski definition) is 4. The number of thiazole rings is 1. The number of aromatic carboxylic acids is 1. The smallest absolute Gasteiger partial charge is 0.339 e. The number of benzene rings is 1. The summed E-state index contributed by atoms with van der Waals surface area (Å²) in [6.45, 7) is 3.53. The molecule has 0 bridgehead atoms. The molecule has 2 rings (SSSR count). The molecule has 1 aromatic carbocycles. The van der Waals surface area contributed by atoms with Gasteiger partial charge in [-0.2, -0.15) is 0 Å². The van der Waals surface area contributed by atoms with Crippen LogP contribution in [-0.4, -0.2) is 22.0 Å². The van der Waals surface area contributed by atoms with Crippen molar-refractivity contribution in [2.45, 2.75) is 13.8 Å². The minimum atomic E-state index is -1.19. The SMILES string of the molecule is Cc1nc(C)c(C(=O)Nc2cccc(Cl)c2C(=O)O)s1. The molecule has 7 heteroatoms. The van der Waals surface area contributed by atoms with Crippen LogP contribution in [0.1, 0.15) is 30.7 Å². The van der Waals surface area contributed by atoms with E-state index in [4.69, 9.17) is 16.7 Å². The van der Waals surface area contributed by atoms with E-state index in [9.17, 15) is 9.59 Å². The molecule has 0 atom stereocenters. The van der Waals surface area contributed by atoms with E-state index in [0.29, 0.717) is 10.6 Å². The van der Waals surface area contributed by atoms with Gasteiger partial charge < -0.3 is 10.4 Å². The standard InChI is InChI=1S/C13H11ClN2O3S/c1-6-11(20-7(2)15-6)12(17)16-9-5-3-4-8(14)10(9)13(18)19/h3-5H,1-2H3,(H,16,17)(H,18,19). The van der Waals surface area contributed by atoms with Gasteiger partial charge in [0.2, 0.25) is 0 Å².